The molecule has 1 aliphatic rings. The maximum absolute atomic E-state index is 5.82. The van der Waals surface area contributed by atoms with Crippen LogP contribution < -0.4 is 5.73 Å². The lowest BCUT2D eigenvalue weighted by Gasteiger charge is -2.37. The molecule has 1 fully saturated rings. The summed E-state index contributed by atoms with van der Waals surface area (Å²) in [5.74, 6) is 0. The van der Waals surface area contributed by atoms with Crippen molar-refractivity contribution in [3.8, 4) is 0 Å². The molecule has 1 aliphatic heterocycles. The summed E-state index contributed by atoms with van der Waals surface area (Å²) in [5.41, 5.74) is 6.07. The molecular weight excluding hydrogens is 186 g/mol. The van der Waals surface area contributed by atoms with Crippen molar-refractivity contribution in [2.24, 2.45) is 5.73 Å². The van der Waals surface area contributed by atoms with Crippen LogP contribution in [0, 0.1) is 0 Å². The maximum Gasteiger partial charge on any atom is 0.0342 e. The molecule has 0 radical (unpaired) electrons. The number of rotatable bonds is 3. The van der Waals surface area contributed by atoms with Crippen molar-refractivity contribution in [1.29, 1.82) is 0 Å². The molecule has 0 aromatic heterocycles. The Bertz CT molecular complexity index is 213. The Kier molecular flexibility index (Phi) is 4.32. The third-order valence-electron chi connectivity index (χ3n) is 3.61. The molecule has 2 N–H and O–H groups in total. The van der Waals surface area contributed by atoms with Crippen LogP contribution in [0.1, 0.15) is 20.3 Å². The van der Waals surface area contributed by atoms with E-state index >= 15 is 0 Å². The fourth-order valence-electron chi connectivity index (χ4n) is 2.16. The van der Waals surface area contributed by atoms with Gasteiger partial charge in [-0.25, -0.2) is 0 Å². The molecule has 0 aromatic carbocycles. The largest absolute Gasteiger partial charge is 0.329 e. The summed E-state index contributed by atoms with van der Waals surface area (Å²) in [6.45, 7) is 12.3. The quantitative estimate of drug-likeness (QED) is 0.705. The Balaban J connectivity index is 2.76. The van der Waals surface area contributed by atoms with E-state index in [0.29, 0.717) is 6.04 Å². The van der Waals surface area contributed by atoms with E-state index in [0.717, 1.165) is 26.2 Å². The fourth-order valence-corrected chi connectivity index (χ4v) is 2.16. The monoisotopic (exact) mass is 211 g/mol. The first-order valence-corrected chi connectivity index (χ1v) is 5.77. The van der Waals surface area contributed by atoms with Gasteiger partial charge in [-0.2, -0.15) is 0 Å². The van der Waals surface area contributed by atoms with Crippen LogP contribution in [-0.2, 0) is 0 Å². The van der Waals surface area contributed by atoms with Crippen molar-refractivity contribution in [2.75, 3.05) is 33.2 Å². The van der Waals surface area contributed by atoms with Gasteiger partial charge in [-0.15, -0.1) is 6.58 Å². The van der Waals surface area contributed by atoms with Crippen LogP contribution in [-0.4, -0.2) is 54.6 Å². The molecule has 0 aliphatic carbocycles. The second kappa shape index (κ2) is 5.10. The van der Waals surface area contributed by atoms with Gasteiger partial charge < -0.3 is 10.6 Å². The molecule has 0 saturated carbocycles. The molecule has 1 saturated heterocycles. The van der Waals surface area contributed by atoms with E-state index in [9.17, 15) is 0 Å². The van der Waals surface area contributed by atoms with Gasteiger partial charge in [-0.05, 0) is 33.9 Å². The lowest BCUT2D eigenvalue weighted by atomic mass is 9.98. The summed E-state index contributed by atoms with van der Waals surface area (Å²) in [6, 6.07) is 0.478. The summed E-state index contributed by atoms with van der Waals surface area (Å²) >= 11 is 0. The van der Waals surface area contributed by atoms with Crippen molar-refractivity contribution in [3.63, 3.8) is 0 Å². The van der Waals surface area contributed by atoms with E-state index < -0.39 is 0 Å². The molecule has 3 nitrogen and oxygen atoms in total. The zero-order chi connectivity index (χ0) is 11.5. The van der Waals surface area contributed by atoms with Crippen LogP contribution in [0.2, 0.25) is 0 Å². The molecule has 3 heteroatoms. The van der Waals surface area contributed by atoms with Crippen LogP contribution in [0.15, 0.2) is 12.7 Å². The molecule has 88 valence electrons. The Morgan fingerprint density at radius 1 is 1.53 bits per heavy atom. The Hall–Kier alpha value is -0.380. The van der Waals surface area contributed by atoms with Gasteiger partial charge in [-0.3, -0.25) is 4.90 Å². The van der Waals surface area contributed by atoms with Gasteiger partial charge in [0, 0.05) is 31.2 Å². The minimum atomic E-state index is 0.256. The van der Waals surface area contributed by atoms with Crippen LogP contribution in [0.5, 0.6) is 0 Å². The standard InChI is InChI=1S/C12H25N3/c1-5-7-15-10-11(9-13)14(4)8-6-12(15,2)3/h5,11H,1,6-10,13H2,2-4H3. The Morgan fingerprint density at radius 2 is 2.20 bits per heavy atom. The fraction of sp³-hybridized carbons (Fsp3) is 0.833. The summed E-state index contributed by atoms with van der Waals surface area (Å²) < 4.78 is 0. The Morgan fingerprint density at radius 3 is 2.73 bits per heavy atom. The number of likely N-dealkylation sites (N-methyl/N-ethyl adjacent to an activating group) is 1. The minimum Gasteiger partial charge on any atom is -0.329 e. The average Bonchev–Trinajstić information content (AvgIpc) is 2.29. The topological polar surface area (TPSA) is 32.5 Å². The second-order valence-corrected chi connectivity index (χ2v) is 5.13. The minimum absolute atomic E-state index is 0.256. The van der Waals surface area contributed by atoms with E-state index in [1.54, 1.807) is 0 Å². The zero-order valence-corrected chi connectivity index (χ0v) is 10.4. The number of hydrogen-bond donors (Lipinski definition) is 1. The van der Waals surface area contributed by atoms with Crippen molar-refractivity contribution >= 4 is 0 Å². The third kappa shape index (κ3) is 3.03. The lowest BCUT2D eigenvalue weighted by molar-refractivity contribution is 0.132. The van der Waals surface area contributed by atoms with Gasteiger partial charge in [0.25, 0.3) is 0 Å². The summed E-state index contributed by atoms with van der Waals surface area (Å²) in [6.07, 6.45) is 3.18. The van der Waals surface area contributed by atoms with Gasteiger partial charge >= 0.3 is 0 Å². The summed E-state index contributed by atoms with van der Waals surface area (Å²) in [7, 11) is 2.17. The van der Waals surface area contributed by atoms with Gasteiger partial charge in [0.05, 0.1) is 0 Å². The molecule has 0 spiro atoms. The molecule has 1 atom stereocenters. The van der Waals surface area contributed by atoms with E-state index in [1.807, 2.05) is 6.08 Å². The Labute approximate surface area is 93.9 Å². The predicted octanol–water partition coefficient (Wildman–Crippen LogP) is 0.916. The number of nitrogens with zero attached hydrogens (tertiary/aromatic N) is 2. The van der Waals surface area contributed by atoms with Gasteiger partial charge in [0.15, 0.2) is 0 Å². The molecule has 0 aromatic rings. The maximum atomic E-state index is 5.82. The van der Waals surface area contributed by atoms with E-state index in [2.05, 4.69) is 37.3 Å². The first kappa shape index (κ1) is 12.7. The molecule has 15 heavy (non-hydrogen) atoms. The lowest BCUT2D eigenvalue weighted by Crippen LogP contribution is -2.48. The number of hydrogen-bond acceptors (Lipinski definition) is 3. The summed E-state index contributed by atoms with van der Waals surface area (Å²) in [4.78, 5) is 4.87. The second-order valence-electron chi connectivity index (χ2n) is 5.13. The van der Waals surface area contributed by atoms with Crippen molar-refractivity contribution in [2.45, 2.75) is 31.8 Å². The number of nitrogens with two attached hydrogens (primary N) is 1. The predicted molar refractivity (Wildman–Crippen MR) is 65.9 cm³/mol. The highest BCUT2D eigenvalue weighted by Gasteiger charge is 2.32. The highest BCUT2D eigenvalue weighted by Crippen LogP contribution is 2.23. The van der Waals surface area contributed by atoms with Crippen LogP contribution in [0.25, 0.3) is 0 Å². The molecular formula is C12H25N3. The van der Waals surface area contributed by atoms with Crippen molar-refractivity contribution < 1.29 is 0 Å². The van der Waals surface area contributed by atoms with Crippen molar-refractivity contribution in [1.82, 2.24) is 9.80 Å². The van der Waals surface area contributed by atoms with Crippen LogP contribution >= 0.6 is 0 Å². The van der Waals surface area contributed by atoms with Gasteiger partial charge in [0.2, 0.25) is 0 Å². The van der Waals surface area contributed by atoms with Crippen LogP contribution in [0.3, 0.4) is 0 Å². The SMILES string of the molecule is C=CCN1CC(CN)N(C)CCC1(C)C. The molecule has 0 amide bonds. The first-order chi connectivity index (χ1) is 7.01. The molecule has 1 rings (SSSR count). The normalized spacial score (nSPS) is 28.7. The first-order valence-electron chi connectivity index (χ1n) is 5.77. The average molecular weight is 211 g/mol. The summed E-state index contributed by atoms with van der Waals surface area (Å²) in [5, 5.41) is 0. The highest BCUT2D eigenvalue weighted by molar-refractivity contribution is 4.92. The van der Waals surface area contributed by atoms with Crippen LogP contribution in [0.4, 0.5) is 0 Å². The van der Waals surface area contributed by atoms with E-state index in [4.69, 9.17) is 5.73 Å². The smallest absolute Gasteiger partial charge is 0.0342 e. The van der Waals surface area contributed by atoms with Gasteiger partial charge in [-0.1, -0.05) is 6.08 Å². The molecule has 1 unspecified atom stereocenters. The van der Waals surface area contributed by atoms with E-state index in [1.165, 1.54) is 6.42 Å². The van der Waals surface area contributed by atoms with Crippen molar-refractivity contribution in [3.05, 3.63) is 12.7 Å². The molecule has 0 bridgehead atoms. The molecule has 1 heterocycles. The highest BCUT2D eigenvalue weighted by atomic mass is 15.3. The third-order valence-corrected chi connectivity index (χ3v) is 3.61. The van der Waals surface area contributed by atoms with E-state index in [-0.39, 0.29) is 5.54 Å². The zero-order valence-electron chi connectivity index (χ0n) is 10.4. The van der Waals surface area contributed by atoms with Gasteiger partial charge in [0.1, 0.15) is 0 Å².